The van der Waals surface area contributed by atoms with Crippen LogP contribution in [0.1, 0.15) is 31.7 Å². The second-order valence-corrected chi connectivity index (χ2v) is 6.73. The Morgan fingerprint density at radius 2 is 2.22 bits per heavy atom. The minimum atomic E-state index is 0.587. The van der Waals surface area contributed by atoms with E-state index in [0.29, 0.717) is 4.83 Å². The van der Waals surface area contributed by atoms with Gasteiger partial charge in [0.05, 0.1) is 16.4 Å². The van der Waals surface area contributed by atoms with Crippen molar-refractivity contribution in [3.05, 3.63) is 16.4 Å². The van der Waals surface area contributed by atoms with Crippen molar-refractivity contribution in [1.82, 2.24) is 14.7 Å². The fourth-order valence-corrected chi connectivity index (χ4v) is 3.33. The molecule has 0 bridgehead atoms. The van der Waals surface area contributed by atoms with Gasteiger partial charge in [-0.2, -0.15) is 5.10 Å². The third-order valence-corrected chi connectivity index (χ3v) is 5.46. The monoisotopic (exact) mass is 333 g/mol. The molecule has 2 heterocycles. The molecule has 0 aromatic carbocycles. The van der Waals surface area contributed by atoms with Gasteiger partial charge in [-0.3, -0.25) is 9.58 Å². The summed E-state index contributed by atoms with van der Waals surface area (Å²) in [6, 6.07) is 0. The molecular formula is C13H21BrClN3. The number of alkyl halides is 1. The van der Waals surface area contributed by atoms with Crippen molar-refractivity contribution in [3.8, 4) is 0 Å². The molecule has 0 amide bonds. The van der Waals surface area contributed by atoms with Crippen LogP contribution in [0, 0.1) is 12.8 Å². The summed E-state index contributed by atoms with van der Waals surface area (Å²) in [5, 5.41) is 5.31. The van der Waals surface area contributed by atoms with Crippen molar-refractivity contribution in [3.63, 3.8) is 0 Å². The molecule has 2 rings (SSSR count). The van der Waals surface area contributed by atoms with Gasteiger partial charge in [0.2, 0.25) is 0 Å². The van der Waals surface area contributed by atoms with Crippen molar-refractivity contribution >= 4 is 27.5 Å². The molecule has 1 aromatic heterocycles. The van der Waals surface area contributed by atoms with Crippen LogP contribution >= 0.6 is 27.5 Å². The van der Waals surface area contributed by atoms with Crippen LogP contribution in [0.5, 0.6) is 0 Å². The summed E-state index contributed by atoms with van der Waals surface area (Å²) >= 11 is 10.1. The van der Waals surface area contributed by atoms with E-state index in [9.17, 15) is 0 Å². The van der Waals surface area contributed by atoms with E-state index < -0.39 is 0 Å². The molecule has 1 aliphatic heterocycles. The molecule has 18 heavy (non-hydrogen) atoms. The van der Waals surface area contributed by atoms with Gasteiger partial charge in [0, 0.05) is 24.5 Å². The Bertz CT molecular complexity index is 419. The van der Waals surface area contributed by atoms with E-state index in [-0.39, 0.29) is 0 Å². The molecule has 3 nitrogen and oxygen atoms in total. The van der Waals surface area contributed by atoms with Crippen LogP contribution in [0.4, 0.5) is 0 Å². The van der Waals surface area contributed by atoms with Gasteiger partial charge in [0.25, 0.3) is 0 Å². The van der Waals surface area contributed by atoms with Crippen LogP contribution in [0.25, 0.3) is 0 Å². The average molecular weight is 335 g/mol. The molecular weight excluding hydrogens is 314 g/mol. The quantitative estimate of drug-likeness (QED) is 0.789. The van der Waals surface area contributed by atoms with Gasteiger partial charge in [-0.25, -0.2) is 0 Å². The van der Waals surface area contributed by atoms with Crippen molar-refractivity contribution in [2.24, 2.45) is 5.92 Å². The highest BCUT2D eigenvalue weighted by Crippen LogP contribution is 2.27. The molecule has 0 radical (unpaired) electrons. The summed E-state index contributed by atoms with van der Waals surface area (Å²) in [5.74, 6) is 0.759. The lowest BCUT2D eigenvalue weighted by molar-refractivity contribution is 0.189. The van der Waals surface area contributed by atoms with E-state index in [0.717, 1.165) is 48.5 Å². The maximum atomic E-state index is 6.36. The smallest absolute Gasteiger partial charge is 0.0860 e. The highest BCUT2D eigenvalue weighted by molar-refractivity contribution is 9.09. The average Bonchev–Trinajstić information content (AvgIpc) is 2.61. The molecule has 0 aliphatic carbocycles. The minimum absolute atomic E-state index is 0.587. The van der Waals surface area contributed by atoms with E-state index >= 15 is 0 Å². The fraction of sp³-hybridized carbons (Fsp3) is 0.769. The number of aromatic nitrogens is 2. The van der Waals surface area contributed by atoms with Crippen LogP contribution in [0.2, 0.25) is 5.02 Å². The summed E-state index contributed by atoms with van der Waals surface area (Å²) in [4.78, 5) is 3.05. The predicted molar refractivity (Wildman–Crippen MR) is 79.4 cm³/mol. The molecule has 2 atom stereocenters. The second-order valence-electron chi connectivity index (χ2n) is 5.18. The van der Waals surface area contributed by atoms with Gasteiger partial charge in [0.1, 0.15) is 0 Å². The number of rotatable bonds is 3. The number of halogens is 2. The molecule has 1 aliphatic rings. The first-order chi connectivity index (χ1) is 8.52. The van der Waals surface area contributed by atoms with Crippen molar-refractivity contribution in [2.75, 3.05) is 13.1 Å². The van der Waals surface area contributed by atoms with E-state index in [4.69, 9.17) is 11.6 Å². The topological polar surface area (TPSA) is 21.1 Å². The molecule has 2 unspecified atom stereocenters. The third-order valence-electron chi connectivity index (χ3n) is 3.78. The maximum Gasteiger partial charge on any atom is 0.0860 e. The van der Waals surface area contributed by atoms with E-state index in [2.05, 4.69) is 39.8 Å². The SMILES string of the molecule is CCn1nc(C)c(Cl)c1CN1CCC(C)C(Br)C1. The van der Waals surface area contributed by atoms with Gasteiger partial charge in [-0.1, -0.05) is 34.5 Å². The summed E-state index contributed by atoms with van der Waals surface area (Å²) in [6.45, 7) is 10.4. The highest BCUT2D eigenvalue weighted by atomic mass is 79.9. The summed E-state index contributed by atoms with van der Waals surface area (Å²) in [6.07, 6.45) is 1.24. The Hall–Kier alpha value is -0.0600. The largest absolute Gasteiger partial charge is 0.296 e. The number of hydrogen-bond donors (Lipinski definition) is 0. The molecule has 1 fully saturated rings. The Labute approximate surface area is 123 Å². The lowest BCUT2D eigenvalue weighted by Crippen LogP contribution is -2.40. The molecule has 1 aromatic rings. The zero-order valence-electron chi connectivity index (χ0n) is 11.3. The van der Waals surface area contributed by atoms with Gasteiger partial charge in [-0.05, 0) is 32.7 Å². The summed E-state index contributed by atoms with van der Waals surface area (Å²) < 4.78 is 2.03. The van der Waals surface area contributed by atoms with Crippen LogP contribution in [-0.2, 0) is 13.1 Å². The first-order valence-corrected chi connectivity index (χ1v) is 7.90. The van der Waals surface area contributed by atoms with Crippen molar-refractivity contribution in [2.45, 2.75) is 45.1 Å². The van der Waals surface area contributed by atoms with E-state index in [1.807, 2.05) is 11.6 Å². The minimum Gasteiger partial charge on any atom is -0.296 e. The third kappa shape index (κ3) is 2.91. The molecule has 1 saturated heterocycles. The molecule has 0 spiro atoms. The molecule has 0 saturated carbocycles. The highest BCUT2D eigenvalue weighted by Gasteiger charge is 2.25. The number of nitrogens with zero attached hydrogens (tertiary/aromatic N) is 3. The predicted octanol–water partition coefficient (Wildman–Crippen LogP) is 3.47. The van der Waals surface area contributed by atoms with E-state index in [1.54, 1.807) is 0 Å². The zero-order chi connectivity index (χ0) is 13.3. The van der Waals surface area contributed by atoms with Crippen LogP contribution in [0.15, 0.2) is 0 Å². The van der Waals surface area contributed by atoms with Gasteiger partial charge < -0.3 is 0 Å². The first-order valence-electron chi connectivity index (χ1n) is 6.61. The second kappa shape index (κ2) is 5.93. The number of piperidine rings is 1. The lowest BCUT2D eigenvalue weighted by atomic mass is 9.99. The Kier molecular flexibility index (Phi) is 4.73. The Balaban J connectivity index is 2.10. The molecule has 0 N–H and O–H groups in total. The van der Waals surface area contributed by atoms with Crippen LogP contribution < -0.4 is 0 Å². The van der Waals surface area contributed by atoms with Crippen molar-refractivity contribution < 1.29 is 0 Å². The Morgan fingerprint density at radius 1 is 1.50 bits per heavy atom. The van der Waals surface area contributed by atoms with Crippen LogP contribution in [0.3, 0.4) is 0 Å². The maximum absolute atomic E-state index is 6.36. The van der Waals surface area contributed by atoms with Gasteiger partial charge >= 0.3 is 0 Å². The van der Waals surface area contributed by atoms with Gasteiger partial charge in [0.15, 0.2) is 0 Å². The van der Waals surface area contributed by atoms with Crippen molar-refractivity contribution in [1.29, 1.82) is 0 Å². The number of likely N-dealkylation sites (tertiary alicyclic amines) is 1. The number of aryl methyl sites for hydroxylation is 2. The van der Waals surface area contributed by atoms with E-state index in [1.165, 1.54) is 6.42 Å². The number of hydrogen-bond acceptors (Lipinski definition) is 2. The lowest BCUT2D eigenvalue weighted by Gasteiger charge is -2.34. The normalized spacial score (nSPS) is 25.6. The van der Waals surface area contributed by atoms with Crippen LogP contribution in [-0.4, -0.2) is 32.6 Å². The fourth-order valence-electron chi connectivity index (χ4n) is 2.46. The van der Waals surface area contributed by atoms with Gasteiger partial charge in [-0.15, -0.1) is 0 Å². The summed E-state index contributed by atoms with van der Waals surface area (Å²) in [7, 11) is 0. The Morgan fingerprint density at radius 3 is 2.83 bits per heavy atom. The first kappa shape index (κ1) is 14.4. The molecule has 102 valence electrons. The standard InChI is InChI=1S/C13H21BrClN3/c1-4-18-12(13(15)10(3)16-18)8-17-6-5-9(2)11(14)7-17/h9,11H,4-8H2,1-3H3. The zero-order valence-corrected chi connectivity index (χ0v) is 13.6. The summed E-state index contributed by atoms with van der Waals surface area (Å²) in [5.41, 5.74) is 2.10. The molecule has 5 heteroatoms.